The lowest BCUT2D eigenvalue weighted by Gasteiger charge is -2.50. The maximum Gasteiger partial charge on any atom is 0.326 e. The maximum absolute atomic E-state index is 11.0. The Labute approximate surface area is 87.5 Å². The standard InChI is InChI=1S/C9H17NO5/c1-4-9(3,15)6(12)5(11)8(2,10-4)7(13)14/h4-6,10-12,15H,1-3H3,(H,13,14)/t4?,5-,6+,8+,9-/m0/s1. The predicted molar refractivity (Wildman–Crippen MR) is 51.3 cm³/mol. The predicted octanol–water partition coefficient (Wildman–Crippen LogP) is -1.71. The fourth-order valence-electron chi connectivity index (χ4n) is 1.76. The Morgan fingerprint density at radius 2 is 1.73 bits per heavy atom. The summed E-state index contributed by atoms with van der Waals surface area (Å²) in [7, 11) is 0. The molecule has 1 fully saturated rings. The van der Waals surface area contributed by atoms with Gasteiger partial charge in [0.2, 0.25) is 0 Å². The Morgan fingerprint density at radius 3 is 2.13 bits per heavy atom. The topological polar surface area (TPSA) is 110 Å². The smallest absolute Gasteiger partial charge is 0.326 e. The second-order valence-electron chi connectivity index (χ2n) is 4.49. The van der Waals surface area contributed by atoms with E-state index in [-0.39, 0.29) is 0 Å². The van der Waals surface area contributed by atoms with Crippen LogP contribution in [-0.4, -0.2) is 55.8 Å². The van der Waals surface area contributed by atoms with Crippen molar-refractivity contribution in [1.29, 1.82) is 0 Å². The summed E-state index contributed by atoms with van der Waals surface area (Å²) in [4.78, 5) is 11.0. The summed E-state index contributed by atoms with van der Waals surface area (Å²) < 4.78 is 0. The molecule has 0 aromatic carbocycles. The van der Waals surface area contributed by atoms with Crippen molar-refractivity contribution in [1.82, 2.24) is 5.32 Å². The van der Waals surface area contributed by atoms with Gasteiger partial charge in [0.05, 0.1) is 0 Å². The van der Waals surface area contributed by atoms with E-state index in [2.05, 4.69) is 5.32 Å². The van der Waals surface area contributed by atoms with Gasteiger partial charge >= 0.3 is 5.97 Å². The third-order valence-corrected chi connectivity index (χ3v) is 3.33. The largest absolute Gasteiger partial charge is 0.480 e. The molecule has 1 aliphatic heterocycles. The molecule has 1 aliphatic rings. The minimum Gasteiger partial charge on any atom is -0.480 e. The number of carboxylic acids is 1. The van der Waals surface area contributed by atoms with Crippen LogP contribution in [0.1, 0.15) is 20.8 Å². The number of hydrogen-bond donors (Lipinski definition) is 5. The van der Waals surface area contributed by atoms with Gasteiger partial charge in [-0.15, -0.1) is 0 Å². The third-order valence-electron chi connectivity index (χ3n) is 3.33. The molecule has 88 valence electrons. The normalized spacial score (nSPS) is 51.5. The first-order valence-corrected chi connectivity index (χ1v) is 4.73. The maximum atomic E-state index is 11.0. The molecule has 1 saturated heterocycles. The Kier molecular flexibility index (Phi) is 2.82. The Hall–Kier alpha value is -0.690. The number of aliphatic hydroxyl groups is 3. The summed E-state index contributed by atoms with van der Waals surface area (Å²) in [6.07, 6.45) is -3.07. The average Bonchev–Trinajstić information content (AvgIpc) is 2.12. The summed E-state index contributed by atoms with van der Waals surface area (Å²) in [5, 5.41) is 40.7. The molecule has 1 rings (SSSR count). The van der Waals surface area contributed by atoms with E-state index in [9.17, 15) is 20.1 Å². The first-order chi connectivity index (χ1) is 6.64. The van der Waals surface area contributed by atoms with Crippen LogP contribution < -0.4 is 5.32 Å². The first kappa shape index (κ1) is 12.4. The molecular weight excluding hydrogens is 202 g/mol. The van der Waals surface area contributed by atoms with Crippen molar-refractivity contribution in [3.63, 3.8) is 0 Å². The van der Waals surface area contributed by atoms with Crippen LogP contribution in [0.3, 0.4) is 0 Å². The van der Waals surface area contributed by atoms with Crippen LogP contribution in [0.2, 0.25) is 0 Å². The van der Waals surface area contributed by atoms with Gasteiger partial charge in [-0.2, -0.15) is 0 Å². The van der Waals surface area contributed by atoms with Gasteiger partial charge in [-0.05, 0) is 20.8 Å². The molecule has 1 heterocycles. The van der Waals surface area contributed by atoms with Gasteiger partial charge in [0, 0.05) is 6.04 Å². The van der Waals surface area contributed by atoms with E-state index >= 15 is 0 Å². The summed E-state index contributed by atoms with van der Waals surface area (Å²) in [5.41, 5.74) is -3.21. The van der Waals surface area contributed by atoms with Gasteiger partial charge < -0.3 is 20.4 Å². The van der Waals surface area contributed by atoms with Crippen molar-refractivity contribution in [2.45, 2.75) is 50.2 Å². The summed E-state index contributed by atoms with van der Waals surface area (Å²) in [6.45, 7) is 4.17. The number of carbonyl (C=O) groups is 1. The van der Waals surface area contributed by atoms with E-state index in [0.717, 1.165) is 0 Å². The molecule has 1 unspecified atom stereocenters. The average molecular weight is 219 g/mol. The summed E-state index contributed by atoms with van der Waals surface area (Å²) >= 11 is 0. The minimum absolute atomic E-state index is 0.642. The molecule has 0 spiro atoms. The van der Waals surface area contributed by atoms with Gasteiger partial charge in [-0.1, -0.05) is 0 Å². The highest BCUT2D eigenvalue weighted by Gasteiger charge is 2.57. The van der Waals surface area contributed by atoms with Gasteiger partial charge in [-0.3, -0.25) is 10.1 Å². The second kappa shape index (κ2) is 3.41. The van der Waals surface area contributed by atoms with Crippen LogP contribution in [0.4, 0.5) is 0 Å². The van der Waals surface area contributed by atoms with Gasteiger partial charge in [0.1, 0.15) is 23.3 Å². The van der Waals surface area contributed by atoms with Crippen LogP contribution in [0.5, 0.6) is 0 Å². The highest BCUT2D eigenvalue weighted by Crippen LogP contribution is 2.30. The first-order valence-electron chi connectivity index (χ1n) is 4.73. The van der Waals surface area contributed by atoms with Gasteiger partial charge in [0.15, 0.2) is 0 Å². The van der Waals surface area contributed by atoms with E-state index < -0.39 is 35.4 Å². The Morgan fingerprint density at radius 1 is 1.27 bits per heavy atom. The molecule has 0 amide bonds. The third kappa shape index (κ3) is 1.63. The minimum atomic E-state index is -1.65. The Bertz CT molecular complexity index is 280. The summed E-state index contributed by atoms with van der Waals surface area (Å²) in [6, 6.07) is -0.642. The molecule has 0 saturated carbocycles. The lowest BCUT2D eigenvalue weighted by atomic mass is 9.75. The number of rotatable bonds is 1. The molecule has 0 bridgehead atoms. The number of hydrogen-bond acceptors (Lipinski definition) is 5. The van der Waals surface area contributed by atoms with Crippen molar-refractivity contribution in [2.24, 2.45) is 0 Å². The zero-order chi connectivity index (χ0) is 12.0. The van der Waals surface area contributed by atoms with E-state index in [1.165, 1.54) is 13.8 Å². The lowest BCUT2D eigenvalue weighted by molar-refractivity contribution is -0.195. The molecule has 0 radical (unpaired) electrons. The van der Waals surface area contributed by atoms with Crippen molar-refractivity contribution in [3.8, 4) is 0 Å². The van der Waals surface area contributed by atoms with Crippen LogP contribution in [-0.2, 0) is 4.79 Å². The summed E-state index contributed by atoms with van der Waals surface area (Å²) in [5.74, 6) is -1.27. The SMILES string of the molecule is CC1N[C@@](C)(C(=O)O)[C@@H](O)[C@@H](O)[C@@]1(C)O. The van der Waals surface area contributed by atoms with Crippen molar-refractivity contribution < 1.29 is 25.2 Å². The highest BCUT2D eigenvalue weighted by molar-refractivity contribution is 5.79. The number of nitrogens with one attached hydrogen (secondary N) is 1. The molecule has 6 heteroatoms. The molecule has 0 aliphatic carbocycles. The number of aliphatic hydroxyl groups excluding tert-OH is 2. The number of carboxylic acid groups (broad SMARTS) is 1. The molecule has 15 heavy (non-hydrogen) atoms. The van der Waals surface area contributed by atoms with Crippen molar-refractivity contribution in [2.75, 3.05) is 0 Å². The van der Waals surface area contributed by atoms with Crippen LogP contribution >= 0.6 is 0 Å². The monoisotopic (exact) mass is 219 g/mol. The van der Waals surface area contributed by atoms with Crippen molar-refractivity contribution >= 4 is 5.97 Å². The molecule has 5 atom stereocenters. The zero-order valence-corrected chi connectivity index (χ0v) is 8.93. The molecule has 5 N–H and O–H groups in total. The second-order valence-corrected chi connectivity index (χ2v) is 4.49. The van der Waals surface area contributed by atoms with Crippen molar-refractivity contribution in [3.05, 3.63) is 0 Å². The highest BCUT2D eigenvalue weighted by atomic mass is 16.4. The molecule has 6 nitrogen and oxygen atoms in total. The Balaban J connectivity index is 3.07. The van der Waals surface area contributed by atoms with Crippen LogP contribution in [0, 0.1) is 0 Å². The van der Waals surface area contributed by atoms with E-state index in [4.69, 9.17) is 5.11 Å². The van der Waals surface area contributed by atoms with Gasteiger partial charge in [-0.25, -0.2) is 0 Å². The number of aliphatic carboxylic acids is 1. The molecular formula is C9H17NO5. The molecule has 0 aromatic heterocycles. The fourth-order valence-corrected chi connectivity index (χ4v) is 1.76. The zero-order valence-electron chi connectivity index (χ0n) is 8.93. The van der Waals surface area contributed by atoms with Gasteiger partial charge in [0.25, 0.3) is 0 Å². The quantitative estimate of drug-likeness (QED) is 0.359. The van der Waals surface area contributed by atoms with Crippen LogP contribution in [0.25, 0.3) is 0 Å². The van der Waals surface area contributed by atoms with Crippen LogP contribution in [0.15, 0.2) is 0 Å². The number of piperidine rings is 1. The van der Waals surface area contributed by atoms with E-state index in [1.54, 1.807) is 6.92 Å². The fraction of sp³-hybridized carbons (Fsp3) is 0.889. The van der Waals surface area contributed by atoms with E-state index in [1.807, 2.05) is 0 Å². The van der Waals surface area contributed by atoms with E-state index in [0.29, 0.717) is 0 Å². The molecule has 0 aromatic rings. The lowest BCUT2D eigenvalue weighted by Crippen LogP contribution is -2.76.